The van der Waals surface area contributed by atoms with Gasteiger partial charge in [-0.25, -0.2) is 9.59 Å². The van der Waals surface area contributed by atoms with E-state index in [2.05, 4.69) is 21.3 Å². The number of rotatable bonds is 6. The van der Waals surface area contributed by atoms with Crippen LogP contribution in [0.1, 0.15) is 49.9 Å². The summed E-state index contributed by atoms with van der Waals surface area (Å²) in [6.45, 7) is 1.94. The molecular formula is C19H24N4O6. The van der Waals surface area contributed by atoms with Crippen molar-refractivity contribution in [2.45, 2.75) is 45.6 Å². The van der Waals surface area contributed by atoms with Gasteiger partial charge in [-0.3, -0.25) is 19.7 Å². The number of carbonyl (C=O) groups excluding carboxylic acids is 5. The number of hydrogen-bond acceptors (Lipinski definition) is 6. The molecule has 0 aromatic heterocycles. The van der Waals surface area contributed by atoms with Gasteiger partial charge >= 0.3 is 12.0 Å². The molecule has 2 rings (SSSR count). The van der Waals surface area contributed by atoms with Gasteiger partial charge in [-0.2, -0.15) is 0 Å². The van der Waals surface area contributed by atoms with Crippen molar-refractivity contribution in [2.75, 3.05) is 17.2 Å². The van der Waals surface area contributed by atoms with E-state index < -0.39 is 24.5 Å². The number of amides is 5. The van der Waals surface area contributed by atoms with Crippen LogP contribution in [0.2, 0.25) is 0 Å². The number of esters is 1. The van der Waals surface area contributed by atoms with Crippen LogP contribution in [0.25, 0.3) is 0 Å². The molecule has 1 fully saturated rings. The van der Waals surface area contributed by atoms with E-state index in [9.17, 15) is 24.0 Å². The van der Waals surface area contributed by atoms with Crippen molar-refractivity contribution >= 4 is 41.1 Å². The summed E-state index contributed by atoms with van der Waals surface area (Å²) in [5.74, 6) is -2.35. The molecule has 0 saturated heterocycles. The Kier molecular flexibility index (Phi) is 7.70. The molecule has 0 unspecified atom stereocenters. The van der Waals surface area contributed by atoms with Crippen LogP contribution < -0.4 is 21.3 Å². The van der Waals surface area contributed by atoms with E-state index >= 15 is 0 Å². The zero-order valence-electron chi connectivity index (χ0n) is 16.3. The van der Waals surface area contributed by atoms with E-state index in [1.807, 2.05) is 0 Å². The molecule has 0 spiro atoms. The quantitative estimate of drug-likeness (QED) is 0.530. The van der Waals surface area contributed by atoms with Gasteiger partial charge in [0.15, 0.2) is 6.61 Å². The minimum absolute atomic E-state index is 0.0169. The standard InChI is InChI=1S/C19H24N4O6/c1-11(24)20-15-7-13(8-16(9-15)21-12(2)25)18(27)29-10-17(26)23-19(28)22-14-5-3-4-6-14/h7-9,14H,3-6,10H2,1-2H3,(H,20,24)(H,21,25)(H2,22,23,26,28). The van der Waals surface area contributed by atoms with Gasteiger partial charge in [0, 0.05) is 31.3 Å². The lowest BCUT2D eigenvalue weighted by Crippen LogP contribution is -2.45. The number of carbonyl (C=O) groups is 5. The van der Waals surface area contributed by atoms with Crippen molar-refractivity contribution < 1.29 is 28.7 Å². The highest BCUT2D eigenvalue weighted by molar-refractivity contribution is 5.99. The van der Waals surface area contributed by atoms with Crippen molar-refractivity contribution in [1.82, 2.24) is 10.6 Å². The van der Waals surface area contributed by atoms with E-state index in [0.717, 1.165) is 25.7 Å². The fraction of sp³-hybridized carbons (Fsp3) is 0.421. The van der Waals surface area contributed by atoms with Crippen LogP contribution in [-0.4, -0.2) is 42.4 Å². The third kappa shape index (κ3) is 7.60. The molecule has 1 aromatic rings. The van der Waals surface area contributed by atoms with E-state index in [4.69, 9.17) is 4.74 Å². The molecule has 5 amide bonds. The highest BCUT2D eigenvalue weighted by Gasteiger charge is 2.19. The average molecular weight is 404 g/mol. The molecule has 1 aromatic carbocycles. The number of hydrogen-bond donors (Lipinski definition) is 4. The molecule has 1 aliphatic carbocycles. The second kappa shape index (κ2) is 10.2. The average Bonchev–Trinajstić information content (AvgIpc) is 3.11. The number of imide groups is 1. The summed E-state index contributed by atoms with van der Waals surface area (Å²) in [5.41, 5.74) is 0.565. The Hall–Kier alpha value is -3.43. The van der Waals surface area contributed by atoms with Crippen molar-refractivity contribution in [1.29, 1.82) is 0 Å². The molecule has 1 saturated carbocycles. The predicted octanol–water partition coefficient (Wildman–Crippen LogP) is 1.53. The molecule has 156 valence electrons. The minimum atomic E-state index is -0.852. The Labute approximate surface area is 167 Å². The normalized spacial score (nSPS) is 13.3. The lowest BCUT2D eigenvalue weighted by Gasteiger charge is -2.13. The molecule has 0 heterocycles. The van der Waals surface area contributed by atoms with Gasteiger partial charge in [0.05, 0.1) is 5.56 Å². The third-order valence-corrected chi connectivity index (χ3v) is 4.09. The van der Waals surface area contributed by atoms with Crippen molar-refractivity contribution in [3.8, 4) is 0 Å². The van der Waals surface area contributed by atoms with Crippen LogP contribution in [-0.2, 0) is 19.1 Å². The maximum Gasteiger partial charge on any atom is 0.338 e. The summed E-state index contributed by atoms with van der Waals surface area (Å²) in [4.78, 5) is 58.4. The van der Waals surface area contributed by atoms with Crippen LogP contribution in [0.3, 0.4) is 0 Å². The van der Waals surface area contributed by atoms with E-state index in [-0.39, 0.29) is 34.8 Å². The molecule has 29 heavy (non-hydrogen) atoms. The van der Waals surface area contributed by atoms with E-state index in [1.54, 1.807) is 0 Å². The van der Waals surface area contributed by atoms with Gasteiger partial charge in [0.2, 0.25) is 11.8 Å². The van der Waals surface area contributed by atoms with Gasteiger partial charge in [0.25, 0.3) is 5.91 Å². The number of anilines is 2. The molecule has 10 nitrogen and oxygen atoms in total. The monoisotopic (exact) mass is 404 g/mol. The number of nitrogens with one attached hydrogen (secondary N) is 4. The lowest BCUT2D eigenvalue weighted by atomic mass is 10.1. The minimum Gasteiger partial charge on any atom is -0.452 e. The Balaban J connectivity index is 1.94. The predicted molar refractivity (Wildman–Crippen MR) is 104 cm³/mol. The van der Waals surface area contributed by atoms with Gasteiger partial charge in [0.1, 0.15) is 0 Å². The van der Waals surface area contributed by atoms with Crippen molar-refractivity contribution in [3.63, 3.8) is 0 Å². The summed E-state index contributed by atoms with van der Waals surface area (Å²) in [7, 11) is 0. The van der Waals surface area contributed by atoms with Crippen LogP contribution >= 0.6 is 0 Å². The van der Waals surface area contributed by atoms with Crippen LogP contribution in [0.15, 0.2) is 18.2 Å². The zero-order valence-corrected chi connectivity index (χ0v) is 16.3. The van der Waals surface area contributed by atoms with E-state index in [0.29, 0.717) is 0 Å². The largest absolute Gasteiger partial charge is 0.452 e. The summed E-state index contributed by atoms with van der Waals surface area (Å²) in [6.07, 6.45) is 3.82. The van der Waals surface area contributed by atoms with Gasteiger partial charge in [-0.15, -0.1) is 0 Å². The fourth-order valence-electron chi connectivity index (χ4n) is 2.97. The molecule has 4 N–H and O–H groups in total. The Morgan fingerprint density at radius 2 is 1.48 bits per heavy atom. The fourth-order valence-corrected chi connectivity index (χ4v) is 2.97. The van der Waals surface area contributed by atoms with Crippen molar-refractivity contribution in [2.24, 2.45) is 0 Å². The first kappa shape index (κ1) is 21.9. The number of urea groups is 1. The number of benzene rings is 1. The lowest BCUT2D eigenvalue weighted by molar-refractivity contribution is -0.123. The van der Waals surface area contributed by atoms with Crippen molar-refractivity contribution in [3.05, 3.63) is 23.8 Å². The second-order valence-corrected chi connectivity index (χ2v) is 6.74. The van der Waals surface area contributed by atoms with Crippen LogP contribution in [0, 0.1) is 0 Å². The molecule has 0 aliphatic heterocycles. The highest BCUT2D eigenvalue weighted by Crippen LogP contribution is 2.20. The van der Waals surface area contributed by atoms with Gasteiger partial charge in [-0.1, -0.05) is 12.8 Å². The summed E-state index contributed by atoms with van der Waals surface area (Å²) >= 11 is 0. The summed E-state index contributed by atoms with van der Waals surface area (Å²) in [6, 6.07) is 3.59. The summed E-state index contributed by atoms with van der Waals surface area (Å²) < 4.78 is 4.92. The second-order valence-electron chi connectivity index (χ2n) is 6.74. The first-order chi connectivity index (χ1) is 13.7. The molecule has 0 atom stereocenters. The van der Waals surface area contributed by atoms with Crippen LogP contribution in [0.5, 0.6) is 0 Å². The van der Waals surface area contributed by atoms with E-state index in [1.165, 1.54) is 32.0 Å². The van der Waals surface area contributed by atoms with Crippen LogP contribution in [0.4, 0.5) is 16.2 Å². The van der Waals surface area contributed by atoms with Gasteiger partial charge in [-0.05, 0) is 31.0 Å². The molecule has 10 heteroatoms. The first-order valence-corrected chi connectivity index (χ1v) is 9.20. The molecule has 0 radical (unpaired) electrons. The topological polar surface area (TPSA) is 143 Å². The zero-order chi connectivity index (χ0) is 21.4. The first-order valence-electron chi connectivity index (χ1n) is 9.20. The SMILES string of the molecule is CC(=O)Nc1cc(NC(C)=O)cc(C(=O)OCC(=O)NC(=O)NC2CCCC2)c1. The Morgan fingerprint density at radius 3 is 2.00 bits per heavy atom. The third-order valence-electron chi connectivity index (χ3n) is 4.09. The molecule has 0 bridgehead atoms. The maximum absolute atomic E-state index is 12.3. The Morgan fingerprint density at radius 1 is 0.931 bits per heavy atom. The smallest absolute Gasteiger partial charge is 0.338 e. The van der Waals surface area contributed by atoms with Gasteiger partial charge < -0.3 is 20.7 Å². The highest BCUT2D eigenvalue weighted by atomic mass is 16.5. The molecular weight excluding hydrogens is 380 g/mol. The maximum atomic E-state index is 12.3. The summed E-state index contributed by atoms with van der Waals surface area (Å²) in [5, 5.41) is 9.81. The Bertz CT molecular complexity index is 783. The molecule has 1 aliphatic rings. The number of ether oxygens (including phenoxy) is 1.